The molecule has 0 aliphatic heterocycles. The van der Waals surface area contributed by atoms with E-state index in [9.17, 15) is 9.59 Å². The number of rotatable bonds is 4. The van der Waals surface area contributed by atoms with E-state index < -0.39 is 0 Å². The van der Waals surface area contributed by atoms with Gasteiger partial charge in [-0.05, 0) is 37.1 Å². The molecule has 0 spiro atoms. The molecule has 1 fully saturated rings. The molecule has 0 saturated heterocycles. The first-order valence-corrected chi connectivity index (χ1v) is 6.95. The van der Waals surface area contributed by atoms with E-state index in [1.807, 2.05) is 0 Å². The molecule has 1 aromatic carbocycles. The van der Waals surface area contributed by atoms with Crippen LogP contribution in [0.1, 0.15) is 43.0 Å². The number of carbonyl (C=O) groups is 2. The second-order valence-corrected chi connectivity index (χ2v) is 5.40. The Bertz CT molecular complexity index is 496. The Morgan fingerprint density at radius 1 is 1.19 bits per heavy atom. The number of hydrogen-bond donors (Lipinski definition) is 3. The summed E-state index contributed by atoms with van der Waals surface area (Å²) in [6, 6.07) is 6.86. The van der Waals surface area contributed by atoms with Gasteiger partial charge in [0.2, 0.25) is 5.91 Å². The van der Waals surface area contributed by atoms with E-state index in [4.69, 9.17) is 5.73 Å². The number of halogens is 1. The number of hydrogen-bond acceptors (Lipinski definition) is 3. The van der Waals surface area contributed by atoms with Crippen molar-refractivity contribution >= 4 is 29.9 Å². The number of amides is 2. The lowest BCUT2D eigenvalue weighted by atomic mass is 9.97. The van der Waals surface area contributed by atoms with Crippen molar-refractivity contribution in [2.24, 2.45) is 5.73 Å². The van der Waals surface area contributed by atoms with Gasteiger partial charge in [-0.1, -0.05) is 12.8 Å². The maximum absolute atomic E-state index is 12.2. The maximum Gasteiger partial charge on any atom is 0.251 e. The lowest BCUT2D eigenvalue weighted by Gasteiger charge is -2.28. The van der Waals surface area contributed by atoms with Crippen LogP contribution >= 0.6 is 12.4 Å². The monoisotopic (exact) mass is 311 g/mol. The molecule has 2 rings (SSSR count). The van der Waals surface area contributed by atoms with Crippen molar-refractivity contribution in [3.05, 3.63) is 29.8 Å². The summed E-state index contributed by atoms with van der Waals surface area (Å²) in [5.41, 5.74) is 6.84. The first-order chi connectivity index (χ1) is 9.54. The van der Waals surface area contributed by atoms with Gasteiger partial charge in [0.15, 0.2) is 0 Å². The SMILES string of the molecule is CC(=O)Nc1ccc(C(=O)NC2(CN)CCCC2)cc1.Cl. The van der Waals surface area contributed by atoms with Gasteiger partial charge in [-0.15, -0.1) is 12.4 Å². The summed E-state index contributed by atoms with van der Waals surface area (Å²) < 4.78 is 0. The van der Waals surface area contributed by atoms with Gasteiger partial charge < -0.3 is 16.4 Å². The van der Waals surface area contributed by atoms with Crippen molar-refractivity contribution in [2.45, 2.75) is 38.1 Å². The molecule has 21 heavy (non-hydrogen) atoms. The fraction of sp³-hybridized carbons (Fsp3) is 0.467. The van der Waals surface area contributed by atoms with Gasteiger partial charge in [-0.2, -0.15) is 0 Å². The number of nitrogens with two attached hydrogens (primary N) is 1. The second kappa shape index (κ2) is 7.43. The summed E-state index contributed by atoms with van der Waals surface area (Å²) >= 11 is 0. The third-order valence-corrected chi connectivity index (χ3v) is 3.80. The van der Waals surface area contributed by atoms with Crippen molar-refractivity contribution in [1.82, 2.24) is 5.32 Å². The number of benzene rings is 1. The standard InChI is InChI=1S/C15H21N3O2.ClH/c1-11(19)17-13-6-4-12(5-7-13)14(20)18-15(10-16)8-2-3-9-15;/h4-7H,2-3,8-10,16H2,1H3,(H,17,19)(H,18,20);1H. The van der Waals surface area contributed by atoms with Gasteiger partial charge in [0.05, 0.1) is 5.54 Å². The molecule has 4 N–H and O–H groups in total. The molecular weight excluding hydrogens is 290 g/mol. The first-order valence-electron chi connectivity index (χ1n) is 6.95. The van der Waals surface area contributed by atoms with E-state index in [0.717, 1.165) is 25.7 Å². The molecule has 0 unspecified atom stereocenters. The molecular formula is C15H22ClN3O2. The van der Waals surface area contributed by atoms with Gasteiger partial charge in [0, 0.05) is 24.7 Å². The zero-order chi connectivity index (χ0) is 14.6. The summed E-state index contributed by atoms with van der Waals surface area (Å²) in [6.07, 6.45) is 4.11. The highest BCUT2D eigenvalue weighted by Crippen LogP contribution is 2.29. The lowest BCUT2D eigenvalue weighted by Crippen LogP contribution is -2.51. The predicted molar refractivity (Wildman–Crippen MR) is 85.7 cm³/mol. The quantitative estimate of drug-likeness (QED) is 0.796. The molecule has 1 aliphatic rings. The van der Waals surface area contributed by atoms with Crippen LogP contribution in [0.4, 0.5) is 5.69 Å². The first kappa shape index (κ1) is 17.5. The van der Waals surface area contributed by atoms with Crippen LogP contribution in [0, 0.1) is 0 Å². The van der Waals surface area contributed by atoms with Crippen LogP contribution < -0.4 is 16.4 Å². The van der Waals surface area contributed by atoms with E-state index >= 15 is 0 Å². The minimum absolute atomic E-state index is 0. The van der Waals surface area contributed by atoms with Crippen LogP contribution in [0.3, 0.4) is 0 Å². The molecule has 2 amide bonds. The molecule has 5 nitrogen and oxygen atoms in total. The minimum Gasteiger partial charge on any atom is -0.345 e. The maximum atomic E-state index is 12.2. The van der Waals surface area contributed by atoms with Crippen LogP contribution in [0.25, 0.3) is 0 Å². The van der Waals surface area contributed by atoms with E-state index in [0.29, 0.717) is 17.8 Å². The van der Waals surface area contributed by atoms with Crippen molar-refractivity contribution in [3.63, 3.8) is 0 Å². The van der Waals surface area contributed by atoms with Gasteiger partial charge in [-0.25, -0.2) is 0 Å². The van der Waals surface area contributed by atoms with E-state index in [2.05, 4.69) is 10.6 Å². The van der Waals surface area contributed by atoms with Gasteiger partial charge in [0.25, 0.3) is 5.91 Å². The van der Waals surface area contributed by atoms with Crippen molar-refractivity contribution in [3.8, 4) is 0 Å². The fourth-order valence-corrected chi connectivity index (χ4v) is 2.65. The van der Waals surface area contributed by atoms with Gasteiger partial charge >= 0.3 is 0 Å². The highest BCUT2D eigenvalue weighted by atomic mass is 35.5. The smallest absolute Gasteiger partial charge is 0.251 e. The summed E-state index contributed by atoms with van der Waals surface area (Å²) in [6.45, 7) is 1.93. The Balaban J connectivity index is 0.00000220. The molecule has 0 radical (unpaired) electrons. The van der Waals surface area contributed by atoms with Crippen LogP contribution in [-0.2, 0) is 4.79 Å². The highest BCUT2D eigenvalue weighted by molar-refractivity contribution is 5.96. The van der Waals surface area contributed by atoms with Crippen molar-refractivity contribution in [2.75, 3.05) is 11.9 Å². The molecule has 0 heterocycles. The van der Waals surface area contributed by atoms with Crippen LogP contribution in [-0.4, -0.2) is 23.9 Å². The number of nitrogens with one attached hydrogen (secondary N) is 2. The molecule has 0 atom stereocenters. The topological polar surface area (TPSA) is 84.2 Å². The molecule has 1 saturated carbocycles. The normalized spacial score (nSPS) is 15.9. The van der Waals surface area contributed by atoms with Gasteiger partial charge in [-0.3, -0.25) is 9.59 Å². The van der Waals surface area contributed by atoms with Crippen LogP contribution in [0.2, 0.25) is 0 Å². The third-order valence-electron chi connectivity index (χ3n) is 3.80. The van der Waals surface area contributed by atoms with E-state index in [1.165, 1.54) is 6.92 Å². The molecule has 0 aromatic heterocycles. The third kappa shape index (κ3) is 4.44. The lowest BCUT2D eigenvalue weighted by molar-refractivity contribution is -0.114. The highest BCUT2D eigenvalue weighted by Gasteiger charge is 2.33. The van der Waals surface area contributed by atoms with Crippen LogP contribution in [0.15, 0.2) is 24.3 Å². The molecule has 1 aliphatic carbocycles. The van der Waals surface area contributed by atoms with E-state index in [-0.39, 0.29) is 29.8 Å². The Hall–Kier alpha value is -1.59. The number of carbonyl (C=O) groups excluding carboxylic acids is 2. The van der Waals surface area contributed by atoms with Crippen LogP contribution in [0.5, 0.6) is 0 Å². The zero-order valence-electron chi connectivity index (χ0n) is 12.1. The Morgan fingerprint density at radius 3 is 2.24 bits per heavy atom. The van der Waals surface area contributed by atoms with Crippen molar-refractivity contribution < 1.29 is 9.59 Å². The summed E-state index contributed by atoms with van der Waals surface area (Å²) in [7, 11) is 0. The summed E-state index contributed by atoms with van der Waals surface area (Å²) in [5.74, 6) is -0.234. The Kier molecular flexibility index (Phi) is 6.18. The largest absolute Gasteiger partial charge is 0.345 e. The summed E-state index contributed by atoms with van der Waals surface area (Å²) in [5, 5.41) is 5.74. The number of anilines is 1. The Labute approximate surface area is 131 Å². The molecule has 1 aromatic rings. The molecule has 6 heteroatoms. The predicted octanol–water partition coefficient (Wildman–Crippen LogP) is 2.07. The zero-order valence-corrected chi connectivity index (χ0v) is 13.0. The van der Waals surface area contributed by atoms with Gasteiger partial charge in [0.1, 0.15) is 0 Å². The second-order valence-electron chi connectivity index (χ2n) is 5.40. The average molecular weight is 312 g/mol. The molecule has 116 valence electrons. The van der Waals surface area contributed by atoms with Crippen molar-refractivity contribution in [1.29, 1.82) is 0 Å². The molecule has 0 bridgehead atoms. The average Bonchev–Trinajstić information content (AvgIpc) is 2.88. The fourth-order valence-electron chi connectivity index (χ4n) is 2.65. The van der Waals surface area contributed by atoms with E-state index in [1.54, 1.807) is 24.3 Å². The minimum atomic E-state index is -0.243. The Morgan fingerprint density at radius 2 is 1.76 bits per heavy atom. The summed E-state index contributed by atoms with van der Waals surface area (Å²) in [4.78, 5) is 23.2.